The monoisotopic (exact) mass is 256 g/mol. The number of hydrogen-bond donors (Lipinski definition) is 1. The molecule has 0 aromatic carbocycles. The molecule has 0 aromatic heterocycles. The number of ether oxygens (including phenoxy) is 2. The molecule has 1 aliphatic heterocycles. The topological polar surface area (TPSA) is 33.7 Å². The first-order valence-corrected chi connectivity index (χ1v) is 7.44. The quantitative estimate of drug-likeness (QED) is 0.597. The van der Waals surface area contributed by atoms with Crippen LogP contribution in [0, 0.1) is 0 Å². The van der Waals surface area contributed by atoms with Crippen molar-refractivity contribution in [1.82, 2.24) is 10.2 Å². The zero-order valence-electron chi connectivity index (χ0n) is 11.7. The molecule has 2 rings (SSSR count). The van der Waals surface area contributed by atoms with Gasteiger partial charge in [-0.05, 0) is 38.6 Å². The Morgan fingerprint density at radius 1 is 1.17 bits per heavy atom. The fraction of sp³-hybridized carbons (Fsp3) is 1.00. The summed E-state index contributed by atoms with van der Waals surface area (Å²) in [4.78, 5) is 2.67. The van der Waals surface area contributed by atoms with Crippen molar-refractivity contribution >= 4 is 0 Å². The van der Waals surface area contributed by atoms with E-state index >= 15 is 0 Å². The number of rotatable bonds is 10. The van der Waals surface area contributed by atoms with Gasteiger partial charge in [-0.3, -0.25) is 4.90 Å². The Labute approximate surface area is 111 Å². The normalized spacial score (nSPS) is 24.0. The molecule has 1 unspecified atom stereocenters. The zero-order valence-corrected chi connectivity index (χ0v) is 11.7. The van der Waals surface area contributed by atoms with Gasteiger partial charge in [-0.1, -0.05) is 0 Å². The molecular formula is C14H28N2O2. The largest absolute Gasteiger partial charge is 0.382 e. The van der Waals surface area contributed by atoms with E-state index in [1.807, 2.05) is 0 Å². The molecule has 1 aliphatic carbocycles. The van der Waals surface area contributed by atoms with Crippen molar-refractivity contribution < 1.29 is 9.47 Å². The molecule has 0 bridgehead atoms. The Hall–Kier alpha value is -0.160. The summed E-state index contributed by atoms with van der Waals surface area (Å²) in [5.74, 6) is 0. The molecule has 1 saturated heterocycles. The van der Waals surface area contributed by atoms with Crippen LogP contribution in [0.5, 0.6) is 0 Å². The second kappa shape index (κ2) is 8.10. The van der Waals surface area contributed by atoms with E-state index in [9.17, 15) is 0 Å². The summed E-state index contributed by atoms with van der Waals surface area (Å²) in [5, 5.41) is 3.60. The Morgan fingerprint density at radius 3 is 2.72 bits per heavy atom. The highest BCUT2D eigenvalue weighted by Gasteiger charge is 2.30. The lowest BCUT2D eigenvalue weighted by atomic mass is 10.2. The fourth-order valence-corrected chi connectivity index (χ4v) is 2.67. The van der Waals surface area contributed by atoms with Crippen molar-refractivity contribution in [3.05, 3.63) is 0 Å². The zero-order chi connectivity index (χ0) is 12.6. The second-order valence-corrected chi connectivity index (χ2v) is 5.48. The molecule has 1 saturated carbocycles. The maximum Gasteiger partial charge on any atom is 0.0700 e. The van der Waals surface area contributed by atoms with E-state index in [-0.39, 0.29) is 0 Å². The molecule has 0 aromatic rings. The Bertz CT molecular complexity index is 216. The highest BCUT2D eigenvalue weighted by Crippen LogP contribution is 2.27. The molecule has 18 heavy (non-hydrogen) atoms. The van der Waals surface area contributed by atoms with E-state index < -0.39 is 0 Å². The molecule has 0 amide bonds. The molecule has 4 heteroatoms. The lowest BCUT2D eigenvalue weighted by Gasteiger charge is -2.25. The van der Waals surface area contributed by atoms with E-state index in [0.717, 1.165) is 31.7 Å². The molecule has 1 N–H and O–H groups in total. The third kappa shape index (κ3) is 5.22. The van der Waals surface area contributed by atoms with Crippen molar-refractivity contribution in [2.75, 3.05) is 46.6 Å². The molecule has 2 fully saturated rings. The first kappa shape index (κ1) is 14.3. The minimum atomic E-state index is 0.707. The summed E-state index contributed by atoms with van der Waals surface area (Å²) in [6.07, 6.45) is 6.65. The smallest absolute Gasteiger partial charge is 0.0700 e. The van der Waals surface area contributed by atoms with E-state index in [1.54, 1.807) is 7.11 Å². The van der Waals surface area contributed by atoms with Gasteiger partial charge >= 0.3 is 0 Å². The van der Waals surface area contributed by atoms with Gasteiger partial charge < -0.3 is 14.8 Å². The van der Waals surface area contributed by atoms with E-state index in [0.29, 0.717) is 6.61 Å². The van der Waals surface area contributed by atoms with Crippen molar-refractivity contribution in [2.45, 2.75) is 44.2 Å². The minimum absolute atomic E-state index is 0.707. The molecule has 0 spiro atoms. The van der Waals surface area contributed by atoms with Crippen LogP contribution in [0.25, 0.3) is 0 Å². The van der Waals surface area contributed by atoms with Crippen LogP contribution in [-0.2, 0) is 9.47 Å². The SMILES string of the molecule is COCCOCCCN(CC1CCCN1)C1CC1. The molecule has 0 radical (unpaired) electrons. The fourth-order valence-electron chi connectivity index (χ4n) is 2.67. The van der Waals surface area contributed by atoms with E-state index in [1.165, 1.54) is 45.3 Å². The number of nitrogens with zero attached hydrogens (tertiary/aromatic N) is 1. The highest BCUT2D eigenvalue weighted by molar-refractivity contribution is 4.88. The third-order valence-corrected chi connectivity index (χ3v) is 3.85. The van der Waals surface area contributed by atoms with Crippen molar-refractivity contribution in [2.24, 2.45) is 0 Å². The molecular weight excluding hydrogens is 228 g/mol. The van der Waals surface area contributed by atoms with Crippen molar-refractivity contribution in [3.8, 4) is 0 Å². The van der Waals surface area contributed by atoms with Gasteiger partial charge in [0.1, 0.15) is 0 Å². The minimum Gasteiger partial charge on any atom is -0.382 e. The van der Waals surface area contributed by atoms with Gasteiger partial charge in [0.15, 0.2) is 0 Å². The van der Waals surface area contributed by atoms with Gasteiger partial charge in [0.25, 0.3) is 0 Å². The van der Waals surface area contributed by atoms with Gasteiger partial charge in [-0.15, -0.1) is 0 Å². The molecule has 1 heterocycles. The molecule has 106 valence electrons. The lowest BCUT2D eigenvalue weighted by molar-refractivity contribution is 0.0644. The summed E-state index contributed by atoms with van der Waals surface area (Å²) in [6.45, 7) is 5.94. The van der Waals surface area contributed by atoms with Crippen LogP contribution in [0.15, 0.2) is 0 Å². The predicted molar refractivity (Wildman–Crippen MR) is 72.9 cm³/mol. The van der Waals surface area contributed by atoms with Crippen molar-refractivity contribution in [1.29, 1.82) is 0 Å². The van der Waals surface area contributed by atoms with E-state index in [4.69, 9.17) is 9.47 Å². The summed E-state index contributed by atoms with van der Waals surface area (Å²) in [7, 11) is 1.72. The highest BCUT2D eigenvalue weighted by atomic mass is 16.5. The van der Waals surface area contributed by atoms with Crippen LogP contribution in [0.4, 0.5) is 0 Å². The lowest BCUT2D eigenvalue weighted by Crippen LogP contribution is -2.39. The van der Waals surface area contributed by atoms with Gasteiger partial charge in [-0.25, -0.2) is 0 Å². The Kier molecular flexibility index (Phi) is 6.41. The Balaban J connectivity index is 1.55. The molecule has 1 atom stereocenters. The second-order valence-electron chi connectivity index (χ2n) is 5.48. The number of hydrogen-bond acceptors (Lipinski definition) is 4. The summed E-state index contributed by atoms with van der Waals surface area (Å²) in [5.41, 5.74) is 0. The summed E-state index contributed by atoms with van der Waals surface area (Å²) >= 11 is 0. The molecule has 4 nitrogen and oxygen atoms in total. The Morgan fingerprint density at radius 2 is 2.06 bits per heavy atom. The van der Waals surface area contributed by atoms with Crippen LogP contribution in [0.2, 0.25) is 0 Å². The number of methoxy groups -OCH3 is 1. The maximum atomic E-state index is 5.53. The van der Waals surface area contributed by atoms with Crippen LogP contribution in [-0.4, -0.2) is 63.5 Å². The standard InChI is InChI=1S/C14H28N2O2/c1-17-10-11-18-9-3-8-16(14-5-6-14)12-13-4-2-7-15-13/h13-15H,2-12H2,1H3. The molecule has 2 aliphatic rings. The first-order valence-electron chi connectivity index (χ1n) is 7.44. The van der Waals surface area contributed by atoms with E-state index in [2.05, 4.69) is 10.2 Å². The first-order chi connectivity index (χ1) is 8.90. The predicted octanol–water partition coefficient (Wildman–Crippen LogP) is 1.26. The summed E-state index contributed by atoms with van der Waals surface area (Å²) in [6, 6.07) is 1.60. The summed E-state index contributed by atoms with van der Waals surface area (Å²) < 4.78 is 10.5. The van der Waals surface area contributed by atoms with Gasteiger partial charge in [0.2, 0.25) is 0 Å². The van der Waals surface area contributed by atoms with Gasteiger partial charge in [0.05, 0.1) is 13.2 Å². The van der Waals surface area contributed by atoms with Gasteiger partial charge in [-0.2, -0.15) is 0 Å². The average molecular weight is 256 g/mol. The van der Waals surface area contributed by atoms with Crippen molar-refractivity contribution in [3.63, 3.8) is 0 Å². The van der Waals surface area contributed by atoms with Crippen LogP contribution >= 0.6 is 0 Å². The third-order valence-electron chi connectivity index (χ3n) is 3.85. The maximum absolute atomic E-state index is 5.53. The van der Waals surface area contributed by atoms with Gasteiger partial charge in [0, 0.05) is 38.9 Å². The number of nitrogens with one attached hydrogen (secondary N) is 1. The van der Waals surface area contributed by atoms with Crippen LogP contribution in [0.3, 0.4) is 0 Å². The van der Waals surface area contributed by atoms with Crippen LogP contribution < -0.4 is 5.32 Å². The van der Waals surface area contributed by atoms with Crippen LogP contribution in [0.1, 0.15) is 32.1 Å². The average Bonchev–Trinajstić information content (AvgIpc) is 3.10.